The monoisotopic (exact) mass is 169 g/mol. The maximum absolute atomic E-state index is 12.6. The van der Waals surface area contributed by atoms with Gasteiger partial charge in [0, 0.05) is 19.1 Å². The number of ether oxygens (including phenoxy) is 1. The van der Waals surface area contributed by atoms with Gasteiger partial charge < -0.3 is 4.74 Å². The second-order valence-corrected chi connectivity index (χ2v) is 2.27. The third-order valence-electron chi connectivity index (χ3n) is 1.36. The molecule has 0 aliphatic heterocycles. The van der Waals surface area contributed by atoms with Crippen LogP contribution >= 0.6 is 0 Å². The molecule has 0 aliphatic carbocycles. The fourth-order valence-corrected chi connectivity index (χ4v) is 0.772. The molecule has 0 amide bonds. The SMILES string of the molecule is COc1cc(F)nc(C(C)=O)c1. The number of rotatable bonds is 2. The van der Waals surface area contributed by atoms with Crippen LogP contribution in [-0.4, -0.2) is 17.9 Å². The number of pyridine rings is 1. The summed E-state index contributed by atoms with van der Waals surface area (Å²) < 4.78 is 17.4. The van der Waals surface area contributed by atoms with Gasteiger partial charge >= 0.3 is 0 Å². The van der Waals surface area contributed by atoms with Gasteiger partial charge in [-0.15, -0.1) is 0 Å². The van der Waals surface area contributed by atoms with Crippen LogP contribution in [0.2, 0.25) is 0 Å². The lowest BCUT2D eigenvalue weighted by Gasteiger charge is -2.00. The van der Waals surface area contributed by atoms with Crippen molar-refractivity contribution in [2.24, 2.45) is 0 Å². The van der Waals surface area contributed by atoms with Crippen molar-refractivity contribution in [2.75, 3.05) is 7.11 Å². The fourth-order valence-electron chi connectivity index (χ4n) is 0.772. The minimum atomic E-state index is -0.709. The summed E-state index contributed by atoms with van der Waals surface area (Å²) in [6.07, 6.45) is 0. The normalized spacial score (nSPS) is 9.58. The topological polar surface area (TPSA) is 39.2 Å². The number of Topliss-reactive ketones (excluding diaryl/α,β-unsaturated/α-hetero) is 1. The Kier molecular flexibility index (Phi) is 2.38. The summed E-state index contributed by atoms with van der Waals surface area (Å²) in [5.41, 5.74) is 0.0758. The molecule has 4 heteroatoms. The number of ketones is 1. The number of nitrogens with zero attached hydrogens (tertiary/aromatic N) is 1. The molecule has 0 fully saturated rings. The number of carbonyl (C=O) groups is 1. The quantitative estimate of drug-likeness (QED) is 0.496. The Balaban J connectivity index is 3.15. The second kappa shape index (κ2) is 3.30. The van der Waals surface area contributed by atoms with Crippen LogP contribution in [0, 0.1) is 5.95 Å². The molecule has 1 aromatic rings. The molecule has 1 rings (SSSR count). The summed E-state index contributed by atoms with van der Waals surface area (Å²) in [7, 11) is 1.40. The first-order valence-corrected chi connectivity index (χ1v) is 3.36. The van der Waals surface area contributed by atoms with E-state index >= 15 is 0 Å². The van der Waals surface area contributed by atoms with E-state index in [0.29, 0.717) is 5.75 Å². The Labute approximate surface area is 69.2 Å². The number of halogens is 1. The minimum Gasteiger partial charge on any atom is -0.497 e. The molecule has 0 atom stereocenters. The Bertz CT molecular complexity index is 312. The Morgan fingerprint density at radius 3 is 2.75 bits per heavy atom. The van der Waals surface area contributed by atoms with E-state index in [0.717, 1.165) is 6.07 Å². The maximum atomic E-state index is 12.6. The van der Waals surface area contributed by atoms with E-state index in [2.05, 4.69) is 4.98 Å². The lowest BCUT2D eigenvalue weighted by Crippen LogP contribution is -1.99. The van der Waals surface area contributed by atoms with E-state index in [1.165, 1.54) is 20.1 Å². The Hall–Kier alpha value is -1.45. The maximum Gasteiger partial charge on any atom is 0.217 e. The third-order valence-corrected chi connectivity index (χ3v) is 1.36. The van der Waals surface area contributed by atoms with Crippen LogP contribution in [-0.2, 0) is 0 Å². The predicted molar refractivity (Wildman–Crippen MR) is 40.8 cm³/mol. The average Bonchev–Trinajstić information content (AvgIpc) is 2.03. The molecule has 64 valence electrons. The van der Waals surface area contributed by atoms with Crippen molar-refractivity contribution in [3.8, 4) is 5.75 Å². The van der Waals surface area contributed by atoms with Crippen molar-refractivity contribution in [3.05, 3.63) is 23.8 Å². The van der Waals surface area contributed by atoms with Gasteiger partial charge in [-0.1, -0.05) is 0 Å². The molecule has 0 saturated heterocycles. The van der Waals surface area contributed by atoms with Crippen LogP contribution in [0.3, 0.4) is 0 Å². The third kappa shape index (κ3) is 1.78. The molecule has 0 aromatic carbocycles. The molecule has 1 heterocycles. The summed E-state index contributed by atoms with van der Waals surface area (Å²) in [5.74, 6) is -0.694. The molecular formula is C8H8FNO2. The van der Waals surface area contributed by atoms with Gasteiger partial charge in [0.2, 0.25) is 5.95 Å². The Morgan fingerprint density at radius 2 is 2.25 bits per heavy atom. The van der Waals surface area contributed by atoms with Crippen LogP contribution in [0.5, 0.6) is 5.75 Å². The zero-order valence-corrected chi connectivity index (χ0v) is 6.80. The first kappa shape index (κ1) is 8.64. The van der Waals surface area contributed by atoms with Gasteiger partial charge in [0.15, 0.2) is 5.78 Å². The van der Waals surface area contributed by atoms with Crippen molar-refractivity contribution >= 4 is 5.78 Å². The van der Waals surface area contributed by atoms with Gasteiger partial charge in [0.1, 0.15) is 11.4 Å². The van der Waals surface area contributed by atoms with Crippen LogP contribution in [0.25, 0.3) is 0 Å². The van der Waals surface area contributed by atoms with Gasteiger partial charge in [0.05, 0.1) is 7.11 Å². The first-order chi connectivity index (χ1) is 5.63. The number of hydrogen-bond acceptors (Lipinski definition) is 3. The average molecular weight is 169 g/mol. The largest absolute Gasteiger partial charge is 0.497 e. The molecular weight excluding hydrogens is 161 g/mol. The highest BCUT2D eigenvalue weighted by atomic mass is 19.1. The highest BCUT2D eigenvalue weighted by Crippen LogP contribution is 2.12. The minimum absolute atomic E-state index is 0.0758. The second-order valence-electron chi connectivity index (χ2n) is 2.27. The molecule has 0 radical (unpaired) electrons. The van der Waals surface area contributed by atoms with Crippen molar-refractivity contribution in [1.82, 2.24) is 4.98 Å². The number of carbonyl (C=O) groups excluding carboxylic acids is 1. The van der Waals surface area contributed by atoms with E-state index < -0.39 is 5.95 Å². The van der Waals surface area contributed by atoms with Crippen molar-refractivity contribution in [1.29, 1.82) is 0 Å². The molecule has 0 spiro atoms. The van der Waals surface area contributed by atoms with Gasteiger partial charge in [-0.05, 0) is 0 Å². The van der Waals surface area contributed by atoms with Gasteiger partial charge in [-0.25, -0.2) is 4.98 Å². The smallest absolute Gasteiger partial charge is 0.217 e. The lowest BCUT2D eigenvalue weighted by atomic mass is 10.2. The van der Waals surface area contributed by atoms with Gasteiger partial charge in [0.25, 0.3) is 0 Å². The van der Waals surface area contributed by atoms with E-state index in [4.69, 9.17) is 4.74 Å². The molecule has 0 saturated carbocycles. The van der Waals surface area contributed by atoms with E-state index in [1.54, 1.807) is 0 Å². The van der Waals surface area contributed by atoms with Gasteiger partial charge in [-0.3, -0.25) is 4.79 Å². The summed E-state index contributed by atoms with van der Waals surface area (Å²) >= 11 is 0. The summed E-state index contributed by atoms with van der Waals surface area (Å²) in [4.78, 5) is 14.2. The zero-order chi connectivity index (χ0) is 9.14. The molecule has 1 aromatic heterocycles. The van der Waals surface area contributed by atoms with Crippen molar-refractivity contribution in [3.63, 3.8) is 0 Å². The fraction of sp³-hybridized carbons (Fsp3) is 0.250. The molecule has 0 N–H and O–H groups in total. The van der Waals surface area contributed by atoms with Crippen molar-refractivity contribution < 1.29 is 13.9 Å². The first-order valence-electron chi connectivity index (χ1n) is 3.36. The lowest BCUT2D eigenvalue weighted by molar-refractivity contribution is 0.101. The highest BCUT2D eigenvalue weighted by molar-refractivity contribution is 5.92. The van der Waals surface area contributed by atoms with Crippen LogP contribution < -0.4 is 4.74 Å². The summed E-state index contributed by atoms with van der Waals surface area (Å²) in [6, 6.07) is 2.51. The van der Waals surface area contributed by atoms with Crippen LogP contribution in [0.15, 0.2) is 12.1 Å². The molecule has 0 unspecified atom stereocenters. The summed E-state index contributed by atoms with van der Waals surface area (Å²) in [5, 5.41) is 0. The highest BCUT2D eigenvalue weighted by Gasteiger charge is 2.05. The van der Waals surface area contributed by atoms with E-state index in [-0.39, 0.29) is 11.5 Å². The molecule has 12 heavy (non-hydrogen) atoms. The molecule has 0 aliphatic rings. The number of aromatic nitrogens is 1. The Morgan fingerprint density at radius 1 is 1.58 bits per heavy atom. The van der Waals surface area contributed by atoms with Gasteiger partial charge in [-0.2, -0.15) is 4.39 Å². The van der Waals surface area contributed by atoms with Crippen LogP contribution in [0.1, 0.15) is 17.4 Å². The standard InChI is InChI=1S/C8H8FNO2/c1-5(11)7-3-6(12-2)4-8(9)10-7/h3-4H,1-2H3. The van der Waals surface area contributed by atoms with E-state index in [9.17, 15) is 9.18 Å². The molecule has 3 nitrogen and oxygen atoms in total. The predicted octanol–water partition coefficient (Wildman–Crippen LogP) is 1.43. The summed E-state index contributed by atoms with van der Waals surface area (Å²) in [6.45, 7) is 1.32. The number of hydrogen-bond donors (Lipinski definition) is 0. The molecule has 0 bridgehead atoms. The number of methoxy groups -OCH3 is 1. The van der Waals surface area contributed by atoms with E-state index in [1.807, 2.05) is 0 Å². The zero-order valence-electron chi connectivity index (χ0n) is 6.80. The van der Waals surface area contributed by atoms with Crippen molar-refractivity contribution in [2.45, 2.75) is 6.92 Å². The van der Waals surface area contributed by atoms with Crippen LogP contribution in [0.4, 0.5) is 4.39 Å².